The van der Waals surface area contributed by atoms with Gasteiger partial charge in [-0.15, -0.1) is 11.3 Å². The van der Waals surface area contributed by atoms with E-state index in [0.29, 0.717) is 22.9 Å². The maximum atomic E-state index is 13.7. The maximum absolute atomic E-state index is 13.7. The Balaban J connectivity index is 1.49. The quantitative estimate of drug-likeness (QED) is 0.154. The Morgan fingerprint density at radius 1 is 1.12 bits per heavy atom. The number of nitrogens with zero attached hydrogens (tertiary/aromatic N) is 2. The minimum absolute atomic E-state index is 0.0166. The molecule has 9 heteroatoms. The van der Waals surface area contributed by atoms with Crippen molar-refractivity contribution in [3.8, 4) is 0 Å². The average Bonchev–Trinajstić information content (AvgIpc) is 3.43. The fourth-order valence-electron chi connectivity index (χ4n) is 5.01. The molecule has 1 aliphatic carbocycles. The molecule has 204 valence electrons. The molecule has 0 bridgehead atoms. The van der Waals surface area contributed by atoms with Gasteiger partial charge in [0, 0.05) is 28.1 Å². The van der Waals surface area contributed by atoms with Gasteiger partial charge in [0.1, 0.15) is 0 Å². The number of thiophene rings is 1. The van der Waals surface area contributed by atoms with E-state index in [9.17, 15) is 19.7 Å². The number of hydrogen-bond donors (Lipinski definition) is 1. The summed E-state index contributed by atoms with van der Waals surface area (Å²) in [6.07, 6.45) is 3.65. The molecule has 5 rings (SSSR count). The number of pyridine rings is 1. The highest BCUT2D eigenvalue weighted by atomic mass is 32.1. The number of allylic oxidation sites excluding steroid dienone is 1. The average molecular weight is 556 g/mol. The Morgan fingerprint density at radius 3 is 2.65 bits per heavy atom. The van der Waals surface area contributed by atoms with Crippen LogP contribution in [0.4, 0.5) is 11.4 Å². The first-order chi connectivity index (χ1) is 19.1. The van der Waals surface area contributed by atoms with E-state index >= 15 is 0 Å². The second-order valence-corrected chi connectivity index (χ2v) is 11.9. The van der Waals surface area contributed by atoms with Crippen molar-refractivity contribution in [3.05, 3.63) is 97.9 Å². The Morgan fingerprint density at radius 2 is 1.93 bits per heavy atom. The molecule has 0 spiro atoms. The number of fused-ring (bicyclic) bond motifs is 2. The summed E-state index contributed by atoms with van der Waals surface area (Å²) in [6.45, 7) is 6.08. The van der Waals surface area contributed by atoms with Crippen molar-refractivity contribution in [1.82, 2.24) is 4.98 Å². The fourth-order valence-corrected chi connectivity index (χ4v) is 5.69. The van der Waals surface area contributed by atoms with Gasteiger partial charge in [0.25, 0.3) is 11.6 Å². The lowest BCUT2D eigenvalue weighted by atomic mass is 9.69. The van der Waals surface area contributed by atoms with Crippen molar-refractivity contribution in [2.45, 2.75) is 33.6 Å². The number of benzene rings is 2. The minimum atomic E-state index is -0.603. The van der Waals surface area contributed by atoms with Gasteiger partial charge in [-0.25, -0.2) is 9.78 Å². The Bertz CT molecular complexity index is 1640. The van der Waals surface area contributed by atoms with Gasteiger partial charge in [0.05, 0.1) is 21.7 Å². The standard InChI is InChI=1S/C31H29N3O5S/c1-31(2,3)20-14-19(15-23-10-7-13-40-23)29-25(16-20)28(24-11-4-5-12-26(24)33-29)30(36)39-18-27(35)32-21-8-6-9-22(17-21)34(37)38/h4-13,15,17,20H,14,16,18H2,1-3H3,(H,32,35)/b19-15-/t20-/m0/s1. The van der Waals surface area contributed by atoms with Crippen molar-refractivity contribution >= 4 is 57.1 Å². The number of nitrogens with one attached hydrogen (secondary N) is 1. The van der Waals surface area contributed by atoms with E-state index in [4.69, 9.17) is 9.72 Å². The minimum Gasteiger partial charge on any atom is -0.452 e. The van der Waals surface area contributed by atoms with Crippen LogP contribution in [0.2, 0.25) is 0 Å². The highest BCUT2D eigenvalue weighted by Gasteiger charge is 2.35. The fraction of sp³-hybridized carbons (Fsp3) is 0.258. The summed E-state index contributed by atoms with van der Waals surface area (Å²) in [4.78, 5) is 42.9. The second-order valence-electron chi connectivity index (χ2n) is 10.9. The van der Waals surface area contributed by atoms with Crippen LogP contribution in [0, 0.1) is 21.4 Å². The number of carbonyl (C=O) groups excluding carboxylic acids is 2. The van der Waals surface area contributed by atoms with Crippen molar-refractivity contribution in [3.63, 3.8) is 0 Å². The summed E-state index contributed by atoms with van der Waals surface area (Å²) in [5.41, 5.74) is 3.89. The van der Waals surface area contributed by atoms with Gasteiger partial charge in [-0.3, -0.25) is 14.9 Å². The van der Waals surface area contributed by atoms with Gasteiger partial charge < -0.3 is 10.1 Å². The zero-order chi connectivity index (χ0) is 28.4. The third-order valence-corrected chi connectivity index (χ3v) is 8.00. The molecule has 0 unspecified atom stereocenters. The molecular weight excluding hydrogens is 526 g/mol. The molecule has 0 radical (unpaired) electrons. The van der Waals surface area contributed by atoms with Gasteiger partial charge in [-0.05, 0) is 65.0 Å². The summed E-state index contributed by atoms with van der Waals surface area (Å²) >= 11 is 1.65. The SMILES string of the molecule is CC(C)(C)[C@H]1C/C(=C/c2cccs2)c2nc3ccccc3c(C(=O)OCC(=O)Nc3cccc([N+](=O)[O-])c3)c2C1. The molecule has 0 aliphatic heterocycles. The second kappa shape index (κ2) is 11.0. The molecule has 2 aromatic carbocycles. The third-order valence-electron chi connectivity index (χ3n) is 7.18. The number of esters is 1. The number of nitro benzene ring substituents is 1. The van der Waals surface area contributed by atoms with Crippen molar-refractivity contribution in [2.24, 2.45) is 11.3 Å². The van der Waals surface area contributed by atoms with Crippen LogP contribution in [0.5, 0.6) is 0 Å². The lowest BCUT2D eigenvalue weighted by molar-refractivity contribution is -0.384. The van der Waals surface area contributed by atoms with Gasteiger partial charge in [-0.1, -0.05) is 51.1 Å². The zero-order valence-corrected chi connectivity index (χ0v) is 23.3. The Kier molecular flexibility index (Phi) is 7.49. The predicted octanol–water partition coefficient (Wildman–Crippen LogP) is 7.15. The molecule has 8 nitrogen and oxygen atoms in total. The number of aromatic nitrogens is 1. The third kappa shape index (κ3) is 5.79. The van der Waals surface area contributed by atoms with Crippen LogP contribution in [0.1, 0.15) is 53.7 Å². The summed E-state index contributed by atoms with van der Waals surface area (Å²) < 4.78 is 5.55. The number of nitro groups is 1. The van der Waals surface area contributed by atoms with Crippen molar-refractivity contribution in [2.75, 3.05) is 11.9 Å². The summed E-state index contributed by atoms with van der Waals surface area (Å²) in [5.74, 6) is -0.932. The van der Waals surface area contributed by atoms with Crippen LogP contribution in [0.15, 0.2) is 66.0 Å². The monoisotopic (exact) mass is 555 g/mol. The number of carbonyl (C=O) groups is 2. The summed E-state index contributed by atoms with van der Waals surface area (Å²) in [6, 6.07) is 17.1. The highest BCUT2D eigenvalue weighted by Crippen LogP contribution is 2.45. The molecule has 0 saturated carbocycles. The van der Waals surface area contributed by atoms with Gasteiger partial charge >= 0.3 is 5.97 Å². The topological polar surface area (TPSA) is 111 Å². The number of non-ortho nitro benzene ring substituents is 1. The van der Waals surface area contributed by atoms with Crippen molar-refractivity contribution in [1.29, 1.82) is 0 Å². The van der Waals surface area contributed by atoms with E-state index in [1.54, 1.807) is 11.3 Å². The molecule has 0 saturated heterocycles. The van der Waals surface area contributed by atoms with Crippen molar-refractivity contribution < 1.29 is 19.2 Å². The molecule has 1 aliphatic rings. The van der Waals surface area contributed by atoms with Gasteiger partial charge in [0.15, 0.2) is 6.61 Å². The molecule has 40 heavy (non-hydrogen) atoms. The smallest absolute Gasteiger partial charge is 0.339 e. The summed E-state index contributed by atoms with van der Waals surface area (Å²) in [5, 5.41) is 16.3. The van der Waals surface area contributed by atoms with Crippen LogP contribution in [-0.4, -0.2) is 28.4 Å². The highest BCUT2D eigenvalue weighted by molar-refractivity contribution is 7.10. The van der Waals surface area contributed by atoms with Crippen LogP contribution >= 0.6 is 11.3 Å². The van der Waals surface area contributed by atoms with Gasteiger partial charge in [0.2, 0.25) is 0 Å². The number of hydrogen-bond acceptors (Lipinski definition) is 7. The van der Waals surface area contributed by atoms with E-state index in [-0.39, 0.29) is 22.7 Å². The maximum Gasteiger partial charge on any atom is 0.339 e. The molecule has 1 amide bonds. The Labute approximate surface area is 235 Å². The molecule has 2 aromatic heterocycles. The molecule has 4 aromatic rings. The van der Waals surface area contributed by atoms with Crippen LogP contribution in [0.25, 0.3) is 22.6 Å². The Hall–Kier alpha value is -4.37. The number of anilines is 1. The molecule has 1 N–H and O–H groups in total. The normalized spacial score (nSPS) is 16.0. The predicted molar refractivity (Wildman–Crippen MR) is 157 cm³/mol. The molecule has 1 atom stereocenters. The van der Waals surface area contributed by atoms with E-state index in [1.807, 2.05) is 35.7 Å². The van der Waals surface area contributed by atoms with Crippen LogP contribution < -0.4 is 5.32 Å². The lowest BCUT2D eigenvalue weighted by Crippen LogP contribution is -2.29. The van der Waals surface area contributed by atoms with Crippen LogP contribution in [-0.2, 0) is 16.0 Å². The number of para-hydroxylation sites is 1. The molecule has 2 heterocycles. The first kappa shape index (κ1) is 27.2. The van der Waals surface area contributed by atoms with E-state index in [1.165, 1.54) is 24.3 Å². The lowest BCUT2D eigenvalue weighted by Gasteiger charge is -2.36. The largest absolute Gasteiger partial charge is 0.452 e. The van der Waals surface area contributed by atoms with Gasteiger partial charge in [-0.2, -0.15) is 0 Å². The summed E-state index contributed by atoms with van der Waals surface area (Å²) in [7, 11) is 0. The number of rotatable bonds is 6. The molecule has 0 fully saturated rings. The number of ether oxygens (including phenoxy) is 1. The van der Waals surface area contributed by atoms with E-state index in [0.717, 1.165) is 28.1 Å². The molecular formula is C31H29N3O5S. The first-order valence-electron chi connectivity index (χ1n) is 13.0. The van der Waals surface area contributed by atoms with E-state index in [2.05, 4.69) is 38.2 Å². The number of amides is 1. The first-order valence-corrected chi connectivity index (χ1v) is 13.9. The van der Waals surface area contributed by atoms with Crippen LogP contribution in [0.3, 0.4) is 0 Å². The zero-order valence-electron chi connectivity index (χ0n) is 22.5. The van der Waals surface area contributed by atoms with E-state index < -0.39 is 23.4 Å².